The van der Waals surface area contributed by atoms with Gasteiger partial charge in [0.05, 0.1) is 11.7 Å². The number of carbonyl (C=O) groups is 1. The van der Waals surface area contributed by atoms with Gasteiger partial charge in [0, 0.05) is 12.5 Å². The third-order valence-electron chi connectivity index (χ3n) is 1.96. The molecule has 1 aromatic rings. The van der Waals surface area contributed by atoms with Gasteiger partial charge in [-0.15, -0.1) is 0 Å². The highest BCUT2D eigenvalue weighted by molar-refractivity contribution is 5.74. The molecule has 5 heteroatoms. The molecule has 1 rings (SSSR count). The fourth-order valence-corrected chi connectivity index (χ4v) is 1.33. The van der Waals surface area contributed by atoms with Crippen molar-refractivity contribution in [2.45, 2.75) is 38.8 Å². The van der Waals surface area contributed by atoms with Gasteiger partial charge in [-0.2, -0.15) is 0 Å². The number of hydrogen-bond donors (Lipinski definition) is 2. The van der Waals surface area contributed by atoms with Crippen molar-refractivity contribution >= 4 is 5.91 Å². The predicted octanol–water partition coefficient (Wildman–Crippen LogP) is 1.13. The minimum Gasteiger partial charge on any atom is -0.472 e. The third kappa shape index (κ3) is 4.82. The van der Waals surface area contributed by atoms with Crippen LogP contribution in [0.3, 0.4) is 0 Å². The molecule has 0 fully saturated rings. The molecule has 17 heavy (non-hydrogen) atoms. The Kier molecular flexibility index (Phi) is 4.07. The van der Waals surface area contributed by atoms with Crippen LogP contribution in [0.2, 0.25) is 0 Å². The smallest absolute Gasteiger partial charge is 0.219 e. The zero-order valence-corrected chi connectivity index (χ0v) is 10.4. The molecular weight excluding hydrogens is 218 g/mol. The van der Waals surface area contributed by atoms with Gasteiger partial charge in [0.15, 0.2) is 0 Å². The van der Waals surface area contributed by atoms with Gasteiger partial charge in [0.25, 0.3) is 0 Å². The lowest BCUT2D eigenvalue weighted by molar-refractivity contribution is -0.118. The highest BCUT2D eigenvalue weighted by atomic mass is 16.5. The van der Waals surface area contributed by atoms with Crippen LogP contribution in [0.5, 0.6) is 5.88 Å². The number of carbonyl (C=O) groups excluding carboxylic acids is 1. The van der Waals surface area contributed by atoms with Gasteiger partial charge in [-0.05, 0) is 26.8 Å². The van der Waals surface area contributed by atoms with Crippen LogP contribution in [0.4, 0.5) is 0 Å². The highest BCUT2D eigenvalue weighted by Gasteiger charge is 2.15. The Morgan fingerprint density at radius 2 is 2.12 bits per heavy atom. The third-order valence-corrected chi connectivity index (χ3v) is 1.96. The van der Waals surface area contributed by atoms with Crippen LogP contribution in [0.1, 0.15) is 38.9 Å². The molecule has 0 bridgehead atoms. The number of amides is 1. The van der Waals surface area contributed by atoms with Crippen LogP contribution in [0.25, 0.3) is 0 Å². The van der Waals surface area contributed by atoms with E-state index in [1.807, 2.05) is 20.8 Å². The Bertz CT molecular complexity index is 399. The van der Waals surface area contributed by atoms with Crippen molar-refractivity contribution in [3.05, 3.63) is 23.9 Å². The van der Waals surface area contributed by atoms with E-state index in [4.69, 9.17) is 16.2 Å². The fraction of sp³-hybridized carbons (Fsp3) is 0.500. The van der Waals surface area contributed by atoms with Crippen molar-refractivity contribution in [2.75, 3.05) is 0 Å². The molecule has 94 valence electrons. The van der Waals surface area contributed by atoms with E-state index in [0.29, 0.717) is 11.6 Å². The summed E-state index contributed by atoms with van der Waals surface area (Å²) >= 11 is 0. The average molecular weight is 237 g/mol. The van der Waals surface area contributed by atoms with E-state index in [0.717, 1.165) is 0 Å². The van der Waals surface area contributed by atoms with Crippen LogP contribution in [0, 0.1) is 0 Å². The maximum Gasteiger partial charge on any atom is 0.219 e. The first kappa shape index (κ1) is 13.4. The van der Waals surface area contributed by atoms with Crippen molar-refractivity contribution < 1.29 is 9.53 Å². The van der Waals surface area contributed by atoms with E-state index < -0.39 is 11.9 Å². The summed E-state index contributed by atoms with van der Waals surface area (Å²) in [5, 5.41) is 0. The quantitative estimate of drug-likeness (QED) is 0.821. The van der Waals surface area contributed by atoms with Crippen molar-refractivity contribution in [2.24, 2.45) is 11.5 Å². The van der Waals surface area contributed by atoms with Crippen LogP contribution in [-0.2, 0) is 4.79 Å². The summed E-state index contributed by atoms with van der Waals surface area (Å²) in [6.45, 7) is 5.81. The monoisotopic (exact) mass is 237 g/mol. The first-order valence-electron chi connectivity index (χ1n) is 5.48. The van der Waals surface area contributed by atoms with Gasteiger partial charge in [-0.1, -0.05) is 6.07 Å². The first-order chi connectivity index (χ1) is 7.78. The number of nitrogens with zero attached hydrogens (tertiary/aromatic N) is 1. The molecule has 0 spiro atoms. The lowest BCUT2D eigenvalue weighted by Gasteiger charge is -2.21. The van der Waals surface area contributed by atoms with Crippen molar-refractivity contribution in [1.82, 2.24) is 4.98 Å². The number of rotatable bonds is 4. The molecule has 0 aliphatic carbocycles. The molecule has 0 saturated heterocycles. The molecule has 1 atom stereocenters. The molecule has 1 heterocycles. The summed E-state index contributed by atoms with van der Waals surface area (Å²) in [5.74, 6) is 0.0522. The minimum atomic E-state index is -0.490. The lowest BCUT2D eigenvalue weighted by Crippen LogP contribution is -2.25. The Morgan fingerprint density at radius 3 is 2.65 bits per heavy atom. The standard InChI is InChI=1S/C12H19N3O2/c1-12(2,3)17-11-6-4-5-9(15-11)8(13)7-10(14)16/h4-6,8H,7,13H2,1-3H3,(H2,14,16). The predicted molar refractivity (Wildman–Crippen MR) is 65.4 cm³/mol. The second-order valence-electron chi connectivity index (χ2n) is 4.89. The zero-order valence-electron chi connectivity index (χ0n) is 10.4. The molecule has 0 aromatic carbocycles. The molecular formula is C12H19N3O2. The van der Waals surface area contributed by atoms with Crippen LogP contribution in [0.15, 0.2) is 18.2 Å². The summed E-state index contributed by atoms with van der Waals surface area (Å²) in [5.41, 5.74) is 11.2. The van der Waals surface area contributed by atoms with E-state index in [1.54, 1.807) is 18.2 Å². The molecule has 1 aromatic heterocycles. The molecule has 0 saturated carbocycles. The minimum absolute atomic E-state index is 0.0754. The van der Waals surface area contributed by atoms with Gasteiger partial charge in [0.2, 0.25) is 11.8 Å². The van der Waals surface area contributed by atoms with Gasteiger partial charge >= 0.3 is 0 Å². The molecule has 0 aliphatic rings. The van der Waals surface area contributed by atoms with E-state index in [-0.39, 0.29) is 12.0 Å². The Hall–Kier alpha value is -1.62. The van der Waals surface area contributed by atoms with Crippen LogP contribution >= 0.6 is 0 Å². The number of nitrogens with two attached hydrogens (primary N) is 2. The fourth-order valence-electron chi connectivity index (χ4n) is 1.33. The Balaban J connectivity index is 2.82. The number of aromatic nitrogens is 1. The van der Waals surface area contributed by atoms with Crippen LogP contribution in [-0.4, -0.2) is 16.5 Å². The van der Waals surface area contributed by atoms with Crippen molar-refractivity contribution in [3.63, 3.8) is 0 Å². The van der Waals surface area contributed by atoms with Gasteiger partial charge in [0.1, 0.15) is 5.60 Å². The molecule has 1 unspecified atom stereocenters. The highest BCUT2D eigenvalue weighted by Crippen LogP contribution is 2.18. The van der Waals surface area contributed by atoms with Gasteiger partial charge in [-0.3, -0.25) is 4.79 Å². The number of pyridine rings is 1. The normalized spacial score (nSPS) is 13.2. The maximum atomic E-state index is 10.8. The van der Waals surface area contributed by atoms with E-state index in [1.165, 1.54) is 0 Å². The molecule has 1 amide bonds. The number of hydrogen-bond acceptors (Lipinski definition) is 4. The Labute approximate surface area is 101 Å². The summed E-state index contributed by atoms with van der Waals surface area (Å²) in [4.78, 5) is 15.0. The van der Waals surface area contributed by atoms with E-state index in [2.05, 4.69) is 4.98 Å². The lowest BCUT2D eigenvalue weighted by atomic mass is 10.1. The van der Waals surface area contributed by atoms with E-state index in [9.17, 15) is 4.79 Å². The molecule has 0 radical (unpaired) electrons. The molecule has 4 N–H and O–H groups in total. The Morgan fingerprint density at radius 1 is 1.47 bits per heavy atom. The van der Waals surface area contributed by atoms with E-state index >= 15 is 0 Å². The second kappa shape index (κ2) is 5.14. The summed E-state index contributed by atoms with van der Waals surface area (Å²) < 4.78 is 5.61. The van der Waals surface area contributed by atoms with Gasteiger partial charge < -0.3 is 16.2 Å². The maximum absolute atomic E-state index is 10.8. The van der Waals surface area contributed by atoms with Gasteiger partial charge in [-0.25, -0.2) is 4.98 Å². The van der Waals surface area contributed by atoms with Crippen LogP contribution < -0.4 is 16.2 Å². The topological polar surface area (TPSA) is 91.2 Å². The average Bonchev–Trinajstić information content (AvgIpc) is 2.14. The number of primary amides is 1. The van der Waals surface area contributed by atoms with Crippen molar-refractivity contribution in [1.29, 1.82) is 0 Å². The number of ether oxygens (including phenoxy) is 1. The summed E-state index contributed by atoms with van der Waals surface area (Å²) in [6, 6.07) is 4.81. The zero-order chi connectivity index (χ0) is 13.1. The second-order valence-corrected chi connectivity index (χ2v) is 4.89. The summed E-state index contributed by atoms with van der Waals surface area (Å²) in [6.07, 6.45) is 0.0754. The summed E-state index contributed by atoms with van der Waals surface area (Å²) in [7, 11) is 0. The molecule has 0 aliphatic heterocycles. The molecule has 5 nitrogen and oxygen atoms in total. The largest absolute Gasteiger partial charge is 0.472 e. The SMILES string of the molecule is CC(C)(C)Oc1cccc(C(N)CC(N)=O)n1. The van der Waals surface area contributed by atoms with Crippen molar-refractivity contribution in [3.8, 4) is 5.88 Å². The first-order valence-corrected chi connectivity index (χ1v) is 5.48.